The number of benzene rings is 2. The molecular weight excluding hydrogens is 468 g/mol. The molecule has 170 valence electrons. The number of nitrogens with zero attached hydrogens (tertiary/aromatic N) is 3. The number of aryl methyl sites for hydroxylation is 1. The van der Waals surface area contributed by atoms with Crippen LogP contribution in [0.2, 0.25) is 0 Å². The summed E-state index contributed by atoms with van der Waals surface area (Å²) in [6, 6.07) is 17.6. The number of amides is 2. The van der Waals surface area contributed by atoms with Crippen LogP contribution in [0.5, 0.6) is 0 Å². The van der Waals surface area contributed by atoms with E-state index < -0.39 is 5.91 Å². The number of carbonyl (C=O) groups is 2. The first-order valence-electron chi connectivity index (χ1n) is 10.4. The summed E-state index contributed by atoms with van der Waals surface area (Å²) in [4.78, 5) is 27.4. The Bertz CT molecular complexity index is 1520. The quantitative estimate of drug-likeness (QED) is 0.289. The highest BCUT2D eigenvalue weighted by Crippen LogP contribution is 2.33. The van der Waals surface area contributed by atoms with Crippen molar-refractivity contribution in [1.29, 1.82) is 0 Å². The third kappa shape index (κ3) is 4.20. The van der Waals surface area contributed by atoms with Crippen LogP contribution in [0.1, 0.15) is 15.9 Å². The lowest BCUT2D eigenvalue weighted by Crippen LogP contribution is -2.18. The van der Waals surface area contributed by atoms with E-state index in [1.54, 1.807) is 11.4 Å². The van der Waals surface area contributed by atoms with Gasteiger partial charge in [0, 0.05) is 28.4 Å². The Hall–Kier alpha value is -3.89. The molecule has 8 nitrogen and oxygen atoms in total. The molecule has 0 radical (unpaired) electrons. The normalized spacial score (nSPS) is 11.1. The number of fused-ring (bicyclic) bond motifs is 1. The minimum atomic E-state index is -0.577. The zero-order chi connectivity index (χ0) is 23.7. The van der Waals surface area contributed by atoms with Crippen LogP contribution in [0.3, 0.4) is 0 Å². The van der Waals surface area contributed by atoms with E-state index in [0.717, 1.165) is 27.7 Å². The highest BCUT2D eigenvalue weighted by Gasteiger charge is 2.20. The molecule has 10 heteroatoms. The van der Waals surface area contributed by atoms with Crippen molar-refractivity contribution in [3.05, 3.63) is 77.3 Å². The fraction of sp³-hybridized carbons (Fsp3) is 0.0833. The molecule has 0 aliphatic rings. The molecule has 2 aromatic carbocycles. The van der Waals surface area contributed by atoms with Crippen molar-refractivity contribution >= 4 is 50.8 Å². The van der Waals surface area contributed by atoms with Crippen molar-refractivity contribution in [1.82, 2.24) is 19.7 Å². The summed E-state index contributed by atoms with van der Waals surface area (Å²) in [6.45, 7) is 2.02. The Balaban J connectivity index is 1.47. The Labute approximate surface area is 203 Å². The van der Waals surface area contributed by atoms with Gasteiger partial charge in [0.2, 0.25) is 5.91 Å². The van der Waals surface area contributed by atoms with Crippen LogP contribution in [0.4, 0.5) is 5.00 Å². The zero-order valence-electron chi connectivity index (χ0n) is 18.1. The molecule has 0 aliphatic carbocycles. The number of carbonyl (C=O) groups excluding carboxylic acids is 2. The number of para-hydroxylation sites is 1. The number of nitrogens with two attached hydrogens (primary N) is 1. The smallest absolute Gasteiger partial charge is 0.251 e. The van der Waals surface area contributed by atoms with Gasteiger partial charge in [-0.05, 0) is 42.1 Å². The van der Waals surface area contributed by atoms with E-state index in [9.17, 15) is 9.59 Å². The third-order valence-corrected chi connectivity index (χ3v) is 7.00. The monoisotopic (exact) mass is 488 g/mol. The maximum atomic E-state index is 12.6. The van der Waals surface area contributed by atoms with Gasteiger partial charge in [-0.25, -0.2) is 0 Å². The summed E-state index contributed by atoms with van der Waals surface area (Å²) in [7, 11) is 0. The second-order valence-corrected chi connectivity index (χ2v) is 9.45. The first-order valence-corrected chi connectivity index (χ1v) is 12.3. The summed E-state index contributed by atoms with van der Waals surface area (Å²) >= 11 is 2.53. The number of rotatable bonds is 7. The number of thiophene rings is 1. The molecule has 5 aromatic rings. The molecule has 4 N–H and O–H groups in total. The number of aromatic nitrogens is 4. The molecule has 5 rings (SSSR count). The van der Waals surface area contributed by atoms with Crippen molar-refractivity contribution in [2.24, 2.45) is 5.73 Å². The van der Waals surface area contributed by atoms with Crippen LogP contribution in [-0.4, -0.2) is 37.3 Å². The van der Waals surface area contributed by atoms with Gasteiger partial charge in [-0.3, -0.25) is 14.2 Å². The molecular formula is C24H20N6O2S2. The maximum absolute atomic E-state index is 12.6. The van der Waals surface area contributed by atoms with Gasteiger partial charge in [-0.15, -0.1) is 21.5 Å². The van der Waals surface area contributed by atoms with Crippen LogP contribution in [0.25, 0.3) is 28.0 Å². The number of H-pyrrole nitrogens is 1. The second-order valence-electron chi connectivity index (χ2n) is 7.59. The summed E-state index contributed by atoms with van der Waals surface area (Å²) in [6.07, 6.45) is 1.92. The number of anilines is 1. The Morgan fingerprint density at radius 1 is 1.15 bits per heavy atom. The molecule has 0 bridgehead atoms. The maximum Gasteiger partial charge on any atom is 0.251 e. The van der Waals surface area contributed by atoms with Crippen LogP contribution in [-0.2, 0) is 4.79 Å². The number of aromatic amines is 1. The fourth-order valence-corrected chi connectivity index (χ4v) is 5.25. The van der Waals surface area contributed by atoms with E-state index in [4.69, 9.17) is 5.73 Å². The van der Waals surface area contributed by atoms with Gasteiger partial charge in [0.15, 0.2) is 11.0 Å². The average molecular weight is 489 g/mol. The molecule has 0 aliphatic heterocycles. The predicted molar refractivity (Wildman–Crippen MR) is 136 cm³/mol. The Kier molecular flexibility index (Phi) is 5.91. The lowest BCUT2D eigenvalue weighted by molar-refractivity contribution is -0.113. The summed E-state index contributed by atoms with van der Waals surface area (Å²) in [5.41, 5.74) is 9.60. The van der Waals surface area contributed by atoms with Crippen LogP contribution < -0.4 is 11.1 Å². The number of thioether (sulfide) groups is 1. The van der Waals surface area contributed by atoms with E-state index in [2.05, 4.69) is 26.6 Å². The SMILES string of the molecule is Cc1cccc(-n2c(SCC(=O)Nc3sccc3C(N)=O)nnc2-c2c[nH]c3ccccc23)c1. The van der Waals surface area contributed by atoms with E-state index >= 15 is 0 Å². The number of hydrogen-bond acceptors (Lipinski definition) is 6. The average Bonchev–Trinajstić information content (AvgIpc) is 3.55. The van der Waals surface area contributed by atoms with Gasteiger partial charge in [0.05, 0.1) is 11.3 Å². The van der Waals surface area contributed by atoms with E-state index in [1.165, 1.54) is 23.1 Å². The van der Waals surface area contributed by atoms with Gasteiger partial charge in [0.25, 0.3) is 5.91 Å². The minimum Gasteiger partial charge on any atom is -0.366 e. The largest absolute Gasteiger partial charge is 0.366 e. The van der Waals surface area contributed by atoms with Crippen LogP contribution in [0.15, 0.2) is 71.3 Å². The van der Waals surface area contributed by atoms with E-state index in [-0.39, 0.29) is 11.7 Å². The lowest BCUT2D eigenvalue weighted by Gasteiger charge is -2.11. The van der Waals surface area contributed by atoms with Gasteiger partial charge in [0.1, 0.15) is 5.00 Å². The molecule has 34 heavy (non-hydrogen) atoms. The van der Waals surface area contributed by atoms with Gasteiger partial charge < -0.3 is 16.0 Å². The first kappa shape index (κ1) is 21.9. The van der Waals surface area contributed by atoms with Crippen molar-refractivity contribution < 1.29 is 9.59 Å². The molecule has 2 amide bonds. The summed E-state index contributed by atoms with van der Waals surface area (Å²) in [5, 5.41) is 15.4. The molecule has 0 unspecified atom stereocenters. The number of hydrogen-bond donors (Lipinski definition) is 3. The Morgan fingerprint density at radius 2 is 2.00 bits per heavy atom. The van der Waals surface area contributed by atoms with E-state index in [1.807, 2.05) is 60.2 Å². The van der Waals surface area contributed by atoms with Gasteiger partial charge in [-0.1, -0.05) is 42.1 Å². The first-order chi connectivity index (χ1) is 16.5. The second kappa shape index (κ2) is 9.16. The predicted octanol–water partition coefficient (Wildman–Crippen LogP) is 4.62. The minimum absolute atomic E-state index is 0.0912. The topological polar surface area (TPSA) is 119 Å². The van der Waals surface area contributed by atoms with Crippen molar-refractivity contribution in [3.63, 3.8) is 0 Å². The van der Waals surface area contributed by atoms with E-state index in [0.29, 0.717) is 21.5 Å². The molecule has 3 aromatic heterocycles. The van der Waals surface area contributed by atoms with Gasteiger partial charge >= 0.3 is 0 Å². The van der Waals surface area contributed by atoms with Crippen molar-refractivity contribution in [2.45, 2.75) is 12.1 Å². The van der Waals surface area contributed by atoms with Crippen molar-refractivity contribution in [3.8, 4) is 17.1 Å². The highest BCUT2D eigenvalue weighted by atomic mass is 32.2. The highest BCUT2D eigenvalue weighted by molar-refractivity contribution is 7.99. The Morgan fingerprint density at radius 3 is 2.82 bits per heavy atom. The van der Waals surface area contributed by atoms with Crippen molar-refractivity contribution in [2.75, 3.05) is 11.1 Å². The van der Waals surface area contributed by atoms with Crippen LogP contribution >= 0.6 is 23.1 Å². The number of nitrogens with one attached hydrogen (secondary N) is 2. The number of primary amides is 1. The molecule has 3 heterocycles. The molecule has 0 atom stereocenters. The zero-order valence-corrected chi connectivity index (χ0v) is 19.7. The molecule has 0 saturated carbocycles. The third-order valence-electron chi connectivity index (χ3n) is 5.24. The molecule has 0 spiro atoms. The van der Waals surface area contributed by atoms with Crippen LogP contribution in [0, 0.1) is 6.92 Å². The lowest BCUT2D eigenvalue weighted by atomic mass is 10.1. The molecule has 0 saturated heterocycles. The summed E-state index contributed by atoms with van der Waals surface area (Å²) < 4.78 is 1.96. The summed E-state index contributed by atoms with van der Waals surface area (Å²) in [5.74, 6) is -0.0668. The standard InChI is InChI=1S/C24H20N6O2S2/c1-14-5-4-6-15(11-14)30-22(18-12-26-19-8-3-2-7-16(18)19)28-29-24(30)34-13-20(31)27-23-17(21(25)32)9-10-33-23/h2-12,26H,13H2,1H3,(H2,25,32)(H,27,31). The molecule has 0 fully saturated rings. The van der Waals surface area contributed by atoms with Gasteiger partial charge in [-0.2, -0.15) is 0 Å². The fourth-order valence-electron chi connectivity index (χ4n) is 3.69.